The largest absolute Gasteiger partial charge is 0.497 e. The lowest BCUT2D eigenvalue weighted by Gasteiger charge is -2.31. The van der Waals surface area contributed by atoms with Crippen molar-refractivity contribution in [2.75, 3.05) is 13.7 Å². The van der Waals surface area contributed by atoms with Gasteiger partial charge in [0.25, 0.3) is 5.91 Å². The topological polar surface area (TPSA) is 67.9 Å². The van der Waals surface area contributed by atoms with Gasteiger partial charge in [0.15, 0.2) is 6.61 Å². The van der Waals surface area contributed by atoms with Crippen LogP contribution in [-0.4, -0.2) is 42.5 Å². The Labute approximate surface area is 218 Å². The second-order valence-electron chi connectivity index (χ2n) is 9.80. The van der Waals surface area contributed by atoms with Crippen molar-refractivity contribution in [1.29, 1.82) is 0 Å². The number of benzene rings is 2. The van der Waals surface area contributed by atoms with Gasteiger partial charge in [-0.25, -0.2) is 0 Å². The summed E-state index contributed by atoms with van der Waals surface area (Å²) in [7, 11) is 1.61. The third-order valence-corrected chi connectivity index (χ3v) is 6.67. The van der Waals surface area contributed by atoms with Gasteiger partial charge in [0, 0.05) is 12.6 Å². The average Bonchev–Trinajstić information content (AvgIpc) is 2.82. The summed E-state index contributed by atoms with van der Waals surface area (Å²) in [5.74, 6) is 0.922. The van der Waals surface area contributed by atoms with Gasteiger partial charge in [0.1, 0.15) is 17.5 Å². The Morgan fingerprint density at radius 1 is 1.06 bits per heavy atom. The standard InChI is InChI=1S/C28H39BrN2O4/c1-8-19(3)30-27(33)24(9-2)31(17-20-10-13-22(34-7)14-11-20)26(32)18-35-25-15-12-21(16-23(25)29)28(4,5)6/h10-16,19,24H,8-9,17-18H2,1-7H3,(H,30,33)/t19-,24-/m0/s1. The minimum atomic E-state index is -0.603. The molecule has 192 valence electrons. The number of methoxy groups -OCH3 is 1. The number of carbonyl (C=O) groups excluding carboxylic acids is 2. The highest BCUT2D eigenvalue weighted by atomic mass is 79.9. The van der Waals surface area contributed by atoms with Crippen molar-refractivity contribution in [3.8, 4) is 11.5 Å². The SMILES string of the molecule is CC[C@H](C)NC(=O)[C@H](CC)N(Cc1ccc(OC)cc1)C(=O)COc1ccc(C(C)(C)C)cc1Br. The van der Waals surface area contributed by atoms with Crippen LogP contribution in [0.15, 0.2) is 46.9 Å². The van der Waals surface area contributed by atoms with E-state index in [0.29, 0.717) is 18.7 Å². The lowest BCUT2D eigenvalue weighted by atomic mass is 9.87. The van der Waals surface area contributed by atoms with E-state index in [-0.39, 0.29) is 29.9 Å². The Hall–Kier alpha value is -2.54. The molecule has 0 aliphatic carbocycles. The maximum Gasteiger partial charge on any atom is 0.261 e. The monoisotopic (exact) mass is 546 g/mol. The molecule has 0 saturated carbocycles. The van der Waals surface area contributed by atoms with E-state index in [1.54, 1.807) is 12.0 Å². The molecule has 2 aromatic rings. The number of carbonyl (C=O) groups is 2. The summed E-state index contributed by atoms with van der Waals surface area (Å²) in [5, 5.41) is 3.02. The molecular weight excluding hydrogens is 508 g/mol. The molecule has 1 N–H and O–H groups in total. The maximum atomic E-state index is 13.4. The Balaban J connectivity index is 2.25. The van der Waals surface area contributed by atoms with Crippen LogP contribution < -0.4 is 14.8 Å². The van der Waals surface area contributed by atoms with Crippen LogP contribution in [0.1, 0.15) is 65.5 Å². The van der Waals surface area contributed by atoms with Gasteiger partial charge in [0.2, 0.25) is 5.91 Å². The van der Waals surface area contributed by atoms with Gasteiger partial charge in [-0.3, -0.25) is 9.59 Å². The summed E-state index contributed by atoms with van der Waals surface area (Å²) in [4.78, 5) is 28.1. The quantitative estimate of drug-likeness (QED) is 0.383. The van der Waals surface area contributed by atoms with Crippen molar-refractivity contribution in [2.45, 2.75) is 78.4 Å². The molecule has 2 rings (SSSR count). The Kier molecular flexibility index (Phi) is 10.6. The summed E-state index contributed by atoms with van der Waals surface area (Å²) in [6.07, 6.45) is 1.31. The molecule has 0 heterocycles. The van der Waals surface area contributed by atoms with Crippen molar-refractivity contribution >= 4 is 27.7 Å². The molecule has 2 aromatic carbocycles. The van der Waals surface area contributed by atoms with Crippen LogP contribution in [-0.2, 0) is 21.5 Å². The predicted molar refractivity (Wildman–Crippen MR) is 144 cm³/mol. The first-order valence-electron chi connectivity index (χ1n) is 12.2. The van der Waals surface area contributed by atoms with Gasteiger partial charge >= 0.3 is 0 Å². The molecule has 35 heavy (non-hydrogen) atoms. The zero-order valence-electron chi connectivity index (χ0n) is 22.0. The van der Waals surface area contributed by atoms with E-state index in [9.17, 15) is 9.59 Å². The third kappa shape index (κ3) is 8.27. The van der Waals surface area contributed by atoms with Gasteiger partial charge in [-0.1, -0.05) is 52.8 Å². The molecule has 2 amide bonds. The number of hydrogen-bond acceptors (Lipinski definition) is 4. The first-order chi connectivity index (χ1) is 16.5. The predicted octanol–water partition coefficient (Wildman–Crippen LogP) is 5.86. The summed E-state index contributed by atoms with van der Waals surface area (Å²) >= 11 is 3.57. The molecule has 0 aliphatic rings. The second-order valence-corrected chi connectivity index (χ2v) is 10.6. The molecule has 0 aliphatic heterocycles. The minimum absolute atomic E-state index is 0.00334. The number of nitrogens with zero attached hydrogens (tertiary/aromatic N) is 1. The Morgan fingerprint density at radius 2 is 1.71 bits per heavy atom. The smallest absolute Gasteiger partial charge is 0.261 e. The number of amides is 2. The fourth-order valence-corrected chi connectivity index (χ4v) is 4.09. The van der Waals surface area contributed by atoms with Crippen LogP contribution in [0.5, 0.6) is 11.5 Å². The van der Waals surface area contributed by atoms with Gasteiger partial charge < -0.3 is 19.7 Å². The number of hydrogen-bond donors (Lipinski definition) is 1. The van der Waals surface area contributed by atoms with E-state index < -0.39 is 6.04 Å². The van der Waals surface area contributed by atoms with E-state index in [1.165, 1.54) is 0 Å². The van der Waals surface area contributed by atoms with Crippen molar-refractivity contribution < 1.29 is 19.1 Å². The second kappa shape index (κ2) is 13.0. The fraction of sp³-hybridized carbons (Fsp3) is 0.500. The van der Waals surface area contributed by atoms with Crippen molar-refractivity contribution in [3.05, 3.63) is 58.1 Å². The molecule has 0 fully saturated rings. The highest BCUT2D eigenvalue weighted by Gasteiger charge is 2.29. The van der Waals surface area contributed by atoms with Crippen LogP contribution >= 0.6 is 15.9 Å². The number of rotatable bonds is 11. The lowest BCUT2D eigenvalue weighted by molar-refractivity contribution is -0.143. The molecule has 0 radical (unpaired) electrons. The molecule has 0 saturated heterocycles. The average molecular weight is 548 g/mol. The van der Waals surface area contributed by atoms with Crippen molar-refractivity contribution in [3.63, 3.8) is 0 Å². The molecule has 2 atom stereocenters. The zero-order valence-corrected chi connectivity index (χ0v) is 23.6. The van der Waals surface area contributed by atoms with E-state index in [2.05, 4.69) is 42.0 Å². The van der Waals surface area contributed by atoms with Crippen LogP contribution in [0.25, 0.3) is 0 Å². The summed E-state index contributed by atoms with van der Waals surface area (Å²) in [5.41, 5.74) is 2.07. The Morgan fingerprint density at radius 3 is 2.23 bits per heavy atom. The van der Waals surface area contributed by atoms with Gasteiger partial charge in [-0.2, -0.15) is 0 Å². The molecule has 7 heteroatoms. The molecule has 0 aromatic heterocycles. The van der Waals surface area contributed by atoms with Crippen LogP contribution in [0.3, 0.4) is 0 Å². The first-order valence-corrected chi connectivity index (χ1v) is 12.9. The van der Waals surface area contributed by atoms with E-state index in [1.807, 2.05) is 63.2 Å². The summed E-state index contributed by atoms with van der Waals surface area (Å²) in [6, 6.07) is 12.8. The Bertz CT molecular complexity index is 985. The van der Waals surface area contributed by atoms with Gasteiger partial charge in [-0.05, 0) is 76.5 Å². The van der Waals surface area contributed by atoms with Crippen molar-refractivity contribution in [1.82, 2.24) is 10.2 Å². The van der Waals surface area contributed by atoms with Gasteiger partial charge in [0.05, 0.1) is 11.6 Å². The molecule has 6 nitrogen and oxygen atoms in total. The summed E-state index contributed by atoms with van der Waals surface area (Å²) in [6.45, 7) is 12.4. The van der Waals surface area contributed by atoms with E-state index in [0.717, 1.165) is 27.8 Å². The lowest BCUT2D eigenvalue weighted by Crippen LogP contribution is -2.51. The molecule has 0 bridgehead atoms. The first kappa shape index (κ1) is 28.7. The highest BCUT2D eigenvalue weighted by Crippen LogP contribution is 2.31. The molecule has 0 spiro atoms. The third-order valence-electron chi connectivity index (χ3n) is 6.05. The number of nitrogens with one attached hydrogen (secondary N) is 1. The molecule has 0 unspecified atom stereocenters. The maximum absolute atomic E-state index is 13.4. The van der Waals surface area contributed by atoms with E-state index in [4.69, 9.17) is 9.47 Å². The van der Waals surface area contributed by atoms with E-state index >= 15 is 0 Å². The van der Waals surface area contributed by atoms with Crippen LogP contribution in [0.2, 0.25) is 0 Å². The summed E-state index contributed by atoms with van der Waals surface area (Å²) < 4.78 is 11.9. The van der Waals surface area contributed by atoms with Crippen molar-refractivity contribution in [2.24, 2.45) is 0 Å². The minimum Gasteiger partial charge on any atom is -0.497 e. The van der Waals surface area contributed by atoms with Crippen LogP contribution in [0, 0.1) is 0 Å². The highest BCUT2D eigenvalue weighted by molar-refractivity contribution is 9.10. The number of ether oxygens (including phenoxy) is 2. The molecular formula is C28H39BrN2O4. The zero-order chi connectivity index (χ0) is 26.2. The normalized spacial score (nSPS) is 13.0. The number of halogens is 1. The van der Waals surface area contributed by atoms with Gasteiger partial charge in [-0.15, -0.1) is 0 Å². The fourth-order valence-electron chi connectivity index (χ4n) is 3.60. The van der Waals surface area contributed by atoms with Crippen LogP contribution in [0.4, 0.5) is 0 Å².